The highest BCUT2D eigenvalue weighted by molar-refractivity contribution is 7.92. The van der Waals surface area contributed by atoms with Gasteiger partial charge in [0, 0.05) is 12.6 Å². The van der Waals surface area contributed by atoms with E-state index in [2.05, 4.69) is 15.0 Å². The Hall–Kier alpha value is -2.12. The minimum atomic E-state index is -3.78. The molecule has 110 valence electrons. The van der Waals surface area contributed by atoms with Gasteiger partial charge in [-0.1, -0.05) is 17.7 Å². The molecule has 2 rings (SSSR count). The molecule has 6 nitrogen and oxygen atoms in total. The number of benzene rings is 1. The zero-order valence-electron chi connectivity index (χ0n) is 11.0. The average molecular weight is 326 g/mol. The summed E-state index contributed by atoms with van der Waals surface area (Å²) >= 11 is 5.70. The van der Waals surface area contributed by atoms with Crippen molar-refractivity contribution in [2.75, 3.05) is 11.8 Å². The van der Waals surface area contributed by atoms with Crippen LogP contribution in [0.4, 0.5) is 5.82 Å². The first-order chi connectivity index (χ1) is 9.92. The van der Waals surface area contributed by atoms with Crippen molar-refractivity contribution in [1.82, 2.24) is 10.3 Å². The van der Waals surface area contributed by atoms with E-state index in [9.17, 15) is 13.2 Å². The van der Waals surface area contributed by atoms with Gasteiger partial charge in [-0.15, -0.1) is 0 Å². The van der Waals surface area contributed by atoms with Crippen LogP contribution in [0.2, 0.25) is 5.15 Å². The minimum Gasteiger partial charge on any atom is -0.355 e. The summed E-state index contributed by atoms with van der Waals surface area (Å²) in [6.07, 6.45) is 0. The van der Waals surface area contributed by atoms with Gasteiger partial charge >= 0.3 is 0 Å². The molecule has 0 bridgehead atoms. The van der Waals surface area contributed by atoms with E-state index in [4.69, 9.17) is 11.6 Å². The maximum absolute atomic E-state index is 12.2. The van der Waals surface area contributed by atoms with Crippen LogP contribution in [0.5, 0.6) is 0 Å². The number of pyridine rings is 1. The predicted octanol–water partition coefficient (Wildman–Crippen LogP) is 1.90. The Morgan fingerprint density at radius 1 is 1.14 bits per heavy atom. The van der Waals surface area contributed by atoms with Gasteiger partial charge in [-0.3, -0.25) is 9.52 Å². The van der Waals surface area contributed by atoms with Crippen molar-refractivity contribution in [3.8, 4) is 0 Å². The molecule has 0 aliphatic rings. The van der Waals surface area contributed by atoms with Crippen molar-refractivity contribution in [1.29, 1.82) is 0 Å². The van der Waals surface area contributed by atoms with Crippen molar-refractivity contribution in [3.63, 3.8) is 0 Å². The number of carbonyl (C=O) groups excluding carboxylic acids is 1. The van der Waals surface area contributed by atoms with Gasteiger partial charge in [-0.05, 0) is 36.4 Å². The first-order valence-electron chi connectivity index (χ1n) is 5.90. The molecular weight excluding hydrogens is 314 g/mol. The summed E-state index contributed by atoms with van der Waals surface area (Å²) in [6.45, 7) is 0. The number of nitrogens with zero attached hydrogens (tertiary/aromatic N) is 1. The molecule has 2 aromatic rings. The fourth-order valence-corrected chi connectivity index (χ4v) is 2.76. The zero-order valence-corrected chi connectivity index (χ0v) is 12.6. The maximum Gasteiger partial charge on any atom is 0.263 e. The molecule has 0 spiro atoms. The number of hydrogen-bond donors (Lipinski definition) is 2. The molecule has 2 N–H and O–H groups in total. The summed E-state index contributed by atoms with van der Waals surface area (Å²) in [7, 11) is -2.28. The third-order valence-corrected chi connectivity index (χ3v) is 4.19. The van der Waals surface area contributed by atoms with Gasteiger partial charge in [-0.25, -0.2) is 13.4 Å². The zero-order chi connectivity index (χ0) is 15.5. The van der Waals surface area contributed by atoms with Gasteiger partial charge in [0.1, 0.15) is 11.0 Å². The first-order valence-corrected chi connectivity index (χ1v) is 7.76. The highest BCUT2D eigenvalue weighted by Gasteiger charge is 2.15. The fraction of sp³-hybridized carbons (Fsp3) is 0.0769. The number of halogens is 1. The predicted molar refractivity (Wildman–Crippen MR) is 79.9 cm³/mol. The standard InChI is InChI=1S/C13H12ClN3O3S/c1-15-13(18)9-5-7-10(8-6-9)21(19,20)17-12-4-2-3-11(14)16-12/h2-8H,1H3,(H,15,18)(H,16,17). The lowest BCUT2D eigenvalue weighted by Crippen LogP contribution is -2.18. The molecule has 0 unspecified atom stereocenters. The second-order valence-electron chi connectivity index (χ2n) is 4.05. The molecule has 1 aromatic heterocycles. The summed E-state index contributed by atoms with van der Waals surface area (Å²) in [5.74, 6) is -0.165. The number of amides is 1. The normalized spacial score (nSPS) is 11.0. The molecular formula is C13H12ClN3O3S. The van der Waals surface area contributed by atoms with Crippen molar-refractivity contribution in [2.24, 2.45) is 0 Å². The number of aromatic nitrogens is 1. The van der Waals surface area contributed by atoms with Crippen LogP contribution in [0.3, 0.4) is 0 Å². The molecule has 0 fully saturated rings. The quantitative estimate of drug-likeness (QED) is 0.840. The lowest BCUT2D eigenvalue weighted by Gasteiger charge is -2.08. The van der Waals surface area contributed by atoms with Crippen LogP contribution >= 0.6 is 11.6 Å². The van der Waals surface area contributed by atoms with Crippen molar-refractivity contribution >= 4 is 33.3 Å². The number of carbonyl (C=O) groups is 1. The van der Waals surface area contributed by atoms with Gasteiger partial charge in [0.25, 0.3) is 15.9 Å². The molecule has 0 saturated carbocycles. The van der Waals surface area contributed by atoms with Crippen molar-refractivity contribution in [3.05, 3.63) is 53.2 Å². The third-order valence-electron chi connectivity index (χ3n) is 2.61. The lowest BCUT2D eigenvalue weighted by molar-refractivity contribution is 0.0963. The van der Waals surface area contributed by atoms with Gasteiger partial charge in [0.2, 0.25) is 0 Å². The van der Waals surface area contributed by atoms with E-state index in [0.717, 1.165) is 0 Å². The van der Waals surface area contributed by atoms with Gasteiger partial charge in [0.15, 0.2) is 0 Å². The number of hydrogen-bond acceptors (Lipinski definition) is 4. The summed E-state index contributed by atoms with van der Waals surface area (Å²) < 4.78 is 26.7. The largest absolute Gasteiger partial charge is 0.355 e. The Morgan fingerprint density at radius 2 is 1.81 bits per heavy atom. The Bertz CT molecular complexity index is 760. The Morgan fingerprint density at radius 3 is 2.38 bits per heavy atom. The van der Waals surface area contributed by atoms with Gasteiger partial charge in [0.05, 0.1) is 4.90 Å². The third kappa shape index (κ3) is 3.71. The summed E-state index contributed by atoms with van der Waals surface area (Å²) in [5.41, 5.74) is 0.373. The van der Waals surface area contributed by atoms with Crippen LogP contribution in [0, 0.1) is 0 Å². The van der Waals surface area contributed by atoms with E-state index in [1.54, 1.807) is 6.07 Å². The second-order valence-corrected chi connectivity index (χ2v) is 6.12. The molecule has 1 aromatic carbocycles. The van der Waals surface area contributed by atoms with Crippen LogP contribution in [0.15, 0.2) is 47.4 Å². The number of sulfonamides is 1. The van der Waals surface area contributed by atoms with Crippen LogP contribution in [0.1, 0.15) is 10.4 Å². The van der Waals surface area contributed by atoms with Crippen LogP contribution < -0.4 is 10.0 Å². The smallest absolute Gasteiger partial charge is 0.263 e. The second kappa shape index (κ2) is 6.11. The van der Waals surface area contributed by atoms with E-state index in [1.165, 1.54) is 43.4 Å². The Balaban J connectivity index is 2.25. The number of rotatable bonds is 4. The first kappa shape index (κ1) is 15.3. The maximum atomic E-state index is 12.2. The topological polar surface area (TPSA) is 88.2 Å². The van der Waals surface area contributed by atoms with E-state index in [1.807, 2.05) is 0 Å². The molecule has 0 radical (unpaired) electrons. The summed E-state index contributed by atoms with van der Waals surface area (Å²) in [6, 6.07) is 10.2. The summed E-state index contributed by atoms with van der Waals surface area (Å²) in [5, 5.41) is 2.64. The highest BCUT2D eigenvalue weighted by Crippen LogP contribution is 2.16. The van der Waals surface area contributed by atoms with Crippen LogP contribution in [0.25, 0.3) is 0 Å². The molecule has 21 heavy (non-hydrogen) atoms. The van der Waals surface area contributed by atoms with Gasteiger partial charge < -0.3 is 5.32 Å². The molecule has 0 atom stereocenters. The Kier molecular flexibility index (Phi) is 4.44. The molecule has 0 aliphatic heterocycles. The van der Waals surface area contributed by atoms with E-state index < -0.39 is 10.0 Å². The minimum absolute atomic E-state index is 0.0249. The SMILES string of the molecule is CNC(=O)c1ccc(S(=O)(=O)Nc2cccc(Cl)n2)cc1. The van der Waals surface area contributed by atoms with Gasteiger partial charge in [-0.2, -0.15) is 0 Å². The van der Waals surface area contributed by atoms with E-state index in [0.29, 0.717) is 5.56 Å². The van der Waals surface area contributed by atoms with Crippen LogP contribution in [-0.2, 0) is 10.0 Å². The monoisotopic (exact) mass is 325 g/mol. The fourth-order valence-electron chi connectivity index (χ4n) is 1.59. The van der Waals surface area contributed by atoms with Crippen molar-refractivity contribution < 1.29 is 13.2 Å². The van der Waals surface area contributed by atoms with Crippen molar-refractivity contribution in [2.45, 2.75) is 4.90 Å². The van der Waals surface area contributed by atoms with Crippen LogP contribution in [-0.4, -0.2) is 26.4 Å². The highest BCUT2D eigenvalue weighted by atomic mass is 35.5. The molecule has 1 heterocycles. The molecule has 8 heteroatoms. The van der Waals surface area contributed by atoms with E-state index >= 15 is 0 Å². The number of anilines is 1. The summed E-state index contributed by atoms with van der Waals surface area (Å²) in [4.78, 5) is 15.3. The lowest BCUT2D eigenvalue weighted by atomic mass is 10.2. The van der Waals surface area contributed by atoms with E-state index in [-0.39, 0.29) is 21.8 Å². The Labute approximate surface area is 127 Å². The molecule has 1 amide bonds. The molecule has 0 saturated heterocycles. The average Bonchev–Trinajstić information content (AvgIpc) is 2.46. The number of nitrogens with one attached hydrogen (secondary N) is 2. The molecule has 0 aliphatic carbocycles.